The van der Waals surface area contributed by atoms with Crippen LogP contribution < -0.4 is 9.47 Å². The summed E-state index contributed by atoms with van der Waals surface area (Å²) < 4.78 is 25.0. The van der Waals surface area contributed by atoms with Crippen molar-refractivity contribution in [3.63, 3.8) is 0 Å². The van der Waals surface area contributed by atoms with Crippen molar-refractivity contribution in [2.45, 2.75) is 187 Å². The Labute approximate surface area is 355 Å². The maximum atomic E-state index is 6.47. The van der Waals surface area contributed by atoms with Crippen molar-refractivity contribution in [3.8, 4) is 11.5 Å². The average Bonchev–Trinajstić information content (AvgIpc) is 3.27. The van der Waals surface area contributed by atoms with Crippen LogP contribution in [0.3, 0.4) is 0 Å². The Morgan fingerprint density at radius 3 is 1.31 bits per heavy atom. The quantitative estimate of drug-likeness (QED) is 0.0630. The van der Waals surface area contributed by atoms with Crippen LogP contribution >= 0.6 is 0 Å². The van der Waals surface area contributed by atoms with Gasteiger partial charge in [0.05, 0.1) is 33.0 Å². The largest absolute Gasteiger partial charge is 0.494 e. The van der Waals surface area contributed by atoms with Gasteiger partial charge in [0, 0.05) is 0 Å². The van der Waals surface area contributed by atoms with Crippen LogP contribution in [-0.4, -0.2) is 19.8 Å². The molecule has 4 nitrogen and oxygen atoms in total. The van der Waals surface area contributed by atoms with Gasteiger partial charge in [-0.2, -0.15) is 0 Å². The molecule has 322 valence electrons. The molecule has 58 heavy (non-hydrogen) atoms. The Morgan fingerprint density at radius 2 is 0.862 bits per heavy atom. The molecule has 2 saturated carbocycles. The summed E-state index contributed by atoms with van der Waals surface area (Å²) in [7, 11) is 0. The maximum Gasteiger partial charge on any atom is 0.119 e. The van der Waals surface area contributed by atoms with Crippen molar-refractivity contribution in [2.75, 3.05) is 19.8 Å². The summed E-state index contributed by atoms with van der Waals surface area (Å²) in [6.07, 6.45) is 33.3. The number of rotatable bonds is 30. The predicted molar refractivity (Wildman–Crippen MR) is 244 cm³/mol. The number of unbranched alkanes of at least 4 members (excludes halogenated alkanes) is 8. The lowest BCUT2D eigenvalue weighted by molar-refractivity contribution is -0.0313. The van der Waals surface area contributed by atoms with E-state index in [2.05, 4.69) is 86.6 Å². The van der Waals surface area contributed by atoms with Crippen molar-refractivity contribution in [1.82, 2.24) is 0 Å². The van der Waals surface area contributed by atoms with E-state index in [4.69, 9.17) is 18.9 Å². The lowest BCUT2D eigenvalue weighted by atomic mass is 9.78. The molecule has 0 amide bonds. The first-order chi connectivity index (χ1) is 28.7. The van der Waals surface area contributed by atoms with Crippen LogP contribution in [0.1, 0.15) is 191 Å². The van der Waals surface area contributed by atoms with Crippen molar-refractivity contribution >= 4 is 0 Å². The molecule has 3 aromatic rings. The van der Waals surface area contributed by atoms with Gasteiger partial charge in [-0.3, -0.25) is 0 Å². The molecule has 0 heterocycles. The van der Waals surface area contributed by atoms with E-state index in [1.165, 1.54) is 141 Å². The molecule has 0 spiro atoms. The van der Waals surface area contributed by atoms with Crippen LogP contribution in [-0.2, 0) is 22.7 Å². The SMILES string of the molecule is CCCCCCCC1CCC(CCCOc2ccc(COCC(OCc3ccc(OCCCC4CCC(CCCCCCC)CC4)cc3)c3ccccc3)cc2)CC1. The number of ether oxygens (including phenoxy) is 4. The standard InChI is InChI=1S/C54H82O4/c1-3-5-7-9-12-18-45-24-28-47(29-25-45)20-16-40-56-52-36-32-49(33-37-52)42-55-44-54(51-22-14-11-15-23-51)58-43-50-34-38-53(39-35-50)57-41-17-21-48-30-26-46(27-31-48)19-13-10-8-6-4-2/h11,14-15,22-23,32-39,45-48,54H,3-10,12-13,16-21,24-31,40-44H2,1-2H3. The fraction of sp³-hybridized carbons (Fsp3) is 0.667. The third-order valence-corrected chi connectivity index (χ3v) is 13.4. The first-order valence-electron chi connectivity index (χ1n) is 24.4. The molecule has 4 heteroatoms. The fourth-order valence-corrected chi connectivity index (χ4v) is 9.57. The van der Waals surface area contributed by atoms with Gasteiger partial charge in [0.1, 0.15) is 17.6 Å². The van der Waals surface area contributed by atoms with Gasteiger partial charge in [0.2, 0.25) is 0 Å². The van der Waals surface area contributed by atoms with E-state index in [0.29, 0.717) is 19.8 Å². The predicted octanol–water partition coefficient (Wildman–Crippen LogP) is 15.8. The molecule has 1 atom stereocenters. The van der Waals surface area contributed by atoms with E-state index >= 15 is 0 Å². The Balaban J connectivity index is 0.922. The Hall–Kier alpha value is -2.82. The molecule has 0 aliphatic heterocycles. The second-order valence-electron chi connectivity index (χ2n) is 18.2. The van der Waals surface area contributed by atoms with Crippen LogP contribution in [0.4, 0.5) is 0 Å². The van der Waals surface area contributed by atoms with E-state index in [-0.39, 0.29) is 6.10 Å². The van der Waals surface area contributed by atoms with E-state index < -0.39 is 0 Å². The summed E-state index contributed by atoms with van der Waals surface area (Å²) in [5.41, 5.74) is 3.42. The van der Waals surface area contributed by atoms with Crippen LogP contribution in [0.25, 0.3) is 0 Å². The number of hydrogen-bond acceptors (Lipinski definition) is 4. The van der Waals surface area contributed by atoms with Gasteiger partial charge in [0.25, 0.3) is 0 Å². The molecular weight excluding hydrogens is 713 g/mol. The van der Waals surface area contributed by atoms with E-state index in [9.17, 15) is 0 Å². The molecule has 0 bridgehead atoms. The molecule has 0 aromatic heterocycles. The average molecular weight is 795 g/mol. The first-order valence-corrected chi connectivity index (χ1v) is 24.4. The summed E-state index contributed by atoms with van der Waals surface area (Å²) in [5, 5.41) is 0. The van der Waals surface area contributed by atoms with Gasteiger partial charge in [-0.25, -0.2) is 0 Å². The maximum absolute atomic E-state index is 6.47. The Morgan fingerprint density at radius 1 is 0.448 bits per heavy atom. The molecule has 2 aliphatic rings. The highest BCUT2D eigenvalue weighted by atomic mass is 16.5. The highest BCUT2D eigenvalue weighted by molar-refractivity contribution is 5.28. The molecule has 0 radical (unpaired) electrons. The lowest BCUT2D eigenvalue weighted by Crippen LogP contribution is -2.15. The second-order valence-corrected chi connectivity index (χ2v) is 18.2. The van der Waals surface area contributed by atoms with Gasteiger partial charge < -0.3 is 18.9 Å². The zero-order valence-corrected chi connectivity index (χ0v) is 37.0. The molecule has 2 fully saturated rings. The minimum atomic E-state index is -0.147. The van der Waals surface area contributed by atoms with Crippen LogP contribution in [0.5, 0.6) is 11.5 Å². The summed E-state index contributed by atoms with van der Waals surface area (Å²) >= 11 is 0. The van der Waals surface area contributed by atoms with Gasteiger partial charge in [0.15, 0.2) is 0 Å². The minimum Gasteiger partial charge on any atom is -0.494 e. The first kappa shape index (κ1) is 46.2. The molecule has 0 saturated heterocycles. The summed E-state index contributed by atoms with van der Waals surface area (Å²) in [4.78, 5) is 0. The smallest absolute Gasteiger partial charge is 0.119 e. The zero-order chi connectivity index (χ0) is 40.3. The van der Waals surface area contributed by atoms with Gasteiger partial charge in [-0.05, 0) is 90.3 Å². The monoisotopic (exact) mass is 795 g/mol. The number of benzene rings is 3. The van der Waals surface area contributed by atoms with Gasteiger partial charge >= 0.3 is 0 Å². The van der Waals surface area contributed by atoms with Gasteiger partial charge in [-0.15, -0.1) is 0 Å². The second kappa shape index (κ2) is 28.6. The minimum absolute atomic E-state index is 0.147. The van der Waals surface area contributed by atoms with E-state index in [1.807, 2.05) is 6.07 Å². The topological polar surface area (TPSA) is 36.9 Å². The van der Waals surface area contributed by atoms with Gasteiger partial charge in [-0.1, -0.05) is 197 Å². The molecule has 0 N–H and O–H groups in total. The highest BCUT2D eigenvalue weighted by Crippen LogP contribution is 2.36. The normalized spacial score (nSPS) is 20.2. The third-order valence-electron chi connectivity index (χ3n) is 13.4. The highest BCUT2D eigenvalue weighted by Gasteiger charge is 2.22. The van der Waals surface area contributed by atoms with Crippen molar-refractivity contribution in [1.29, 1.82) is 0 Å². The van der Waals surface area contributed by atoms with Crippen LogP contribution in [0.15, 0.2) is 78.9 Å². The van der Waals surface area contributed by atoms with Crippen molar-refractivity contribution in [3.05, 3.63) is 95.6 Å². The molecule has 2 aliphatic carbocycles. The number of hydrogen-bond donors (Lipinski definition) is 0. The zero-order valence-electron chi connectivity index (χ0n) is 37.0. The van der Waals surface area contributed by atoms with E-state index in [1.54, 1.807) is 0 Å². The van der Waals surface area contributed by atoms with Crippen LogP contribution in [0, 0.1) is 23.7 Å². The molecular formula is C54H82O4. The fourth-order valence-electron chi connectivity index (χ4n) is 9.57. The molecule has 1 unspecified atom stereocenters. The van der Waals surface area contributed by atoms with E-state index in [0.717, 1.165) is 77.9 Å². The van der Waals surface area contributed by atoms with Crippen molar-refractivity contribution in [2.24, 2.45) is 23.7 Å². The molecule has 5 rings (SSSR count). The summed E-state index contributed by atoms with van der Waals surface area (Å²) in [6.45, 7) is 7.77. The molecule has 3 aromatic carbocycles. The summed E-state index contributed by atoms with van der Waals surface area (Å²) in [5.74, 6) is 5.68. The van der Waals surface area contributed by atoms with Crippen LogP contribution in [0.2, 0.25) is 0 Å². The lowest BCUT2D eigenvalue weighted by Gasteiger charge is -2.28. The Bertz CT molecular complexity index is 1410. The third kappa shape index (κ3) is 18.6. The summed E-state index contributed by atoms with van der Waals surface area (Å²) in [6, 6.07) is 27.3. The van der Waals surface area contributed by atoms with Crippen molar-refractivity contribution < 1.29 is 18.9 Å². The Kier molecular flexibility index (Phi) is 22.8.